The number of rotatable bonds is 7. The van der Waals surface area contributed by atoms with Gasteiger partial charge in [0.1, 0.15) is 12.0 Å². The zero-order valence-electron chi connectivity index (χ0n) is 14.3. The number of carbonyl (C=O) groups excluding carboxylic acids is 2. The first kappa shape index (κ1) is 21.1. The van der Waals surface area contributed by atoms with Gasteiger partial charge in [-0.25, -0.2) is 4.79 Å². The lowest BCUT2D eigenvalue weighted by Crippen LogP contribution is -2.62. The molecule has 0 aromatic heterocycles. The van der Waals surface area contributed by atoms with Crippen molar-refractivity contribution in [3.63, 3.8) is 0 Å². The maximum Gasteiger partial charge on any atom is 0.336 e. The molecular weight excluding hydrogens is 384 g/mol. The number of aliphatic hydroxyl groups is 1. The second-order valence-corrected chi connectivity index (χ2v) is 5.98. The van der Waals surface area contributed by atoms with Crippen LogP contribution < -0.4 is 0 Å². The third kappa shape index (κ3) is 5.64. The van der Waals surface area contributed by atoms with E-state index < -0.39 is 54.5 Å². The molecule has 1 heterocycles. The van der Waals surface area contributed by atoms with E-state index in [1.54, 1.807) is 30.3 Å². The van der Waals surface area contributed by atoms with Gasteiger partial charge in [-0.3, -0.25) is 9.59 Å². The van der Waals surface area contributed by atoms with Crippen LogP contribution in [0.5, 0.6) is 0 Å². The van der Waals surface area contributed by atoms with E-state index >= 15 is 0 Å². The highest BCUT2D eigenvalue weighted by atomic mass is 35.5. The van der Waals surface area contributed by atoms with Crippen molar-refractivity contribution in [2.75, 3.05) is 5.88 Å². The van der Waals surface area contributed by atoms with Crippen molar-refractivity contribution < 1.29 is 43.5 Å². The lowest BCUT2D eigenvalue weighted by Gasteiger charge is -2.41. The minimum absolute atomic E-state index is 0.0166. The maximum absolute atomic E-state index is 11.6. The van der Waals surface area contributed by atoms with Gasteiger partial charge in [0.25, 0.3) is 0 Å². The van der Waals surface area contributed by atoms with E-state index in [0.29, 0.717) is 0 Å². The van der Waals surface area contributed by atoms with Crippen LogP contribution in [-0.2, 0) is 39.9 Å². The zero-order valence-corrected chi connectivity index (χ0v) is 15.1. The Morgan fingerprint density at radius 2 is 1.78 bits per heavy atom. The number of aliphatic carboxylic acids is 1. The number of carboxylic acids is 1. The molecule has 0 bridgehead atoms. The molecule has 0 unspecified atom stereocenters. The fourth-order valence-electron chi connectivity index (χ4n) is 2.61. The molecule has 1 fully saturated rings. The number of aliphatic hydroxyl groups excluding tert-OH is 1. The summed E-state index contributed by atoms with van der Waals surface area (Å²) in [5, 5.41) is 19.5. The third-order valence-electron chi connectivity index (χ3n) is 3.72. The summed E-state index contributed by atoms with van der Waals surface area (Å²) < 4.78 is 20.8. The van der Waals surface area contributed by atoms with Crippen LogP contribution in [0.4, 0.5) is 0 Å². The van der Waals surface area contributed by atoms with Crippen molar-refractivity contribution in [3.8, 4) is 0 Å². The van der Waals surface area contributed by atoms with Crippen LogP contribution in [0.25, 0.3) is 0 Å². The number of hydrogen-bond donors (Lipinski definition) is 2. The largest absolute Gasteiger partial charge is 0.479 e. The smallest absolute Gasteiger partial charge is 0.336 e. The van der Waals surface area contributed by atoms with Crippen LogP contribution in [0.15, 0.2) is 30.3 Å². The van der Waals surface area contributed by atoms with E-state index in [-0.39, 0.29) is 6.61 Å². The van der Waals surface area contributed by atoms with Crippen LogP contribution in [0.3, 0.4) is 0 Å². The Labute approximate surface area is 159 Å². The number of esters is 2. The molecule has 27 heavy (non-hydrogen) atoms. The van der Waals surface area contributed by atoms with Crippen LogP contribution >= 0.6 is 11.6 Å². The number of hydrogen-bond acceptors (Lipinski definition) is 8. The summed E-state index contributed by atoms with van der Waals surface area (Å²) in [6, 6.07) is 8.85. The molecule has 0 radical (unpaired) electrons. The number of ether oxygens (including phenoxy) is 4. The van der Waals surface area contributed by atoms with Crippen molar-refractivity contribution in [2.45, 2.75) is 44.2 Å². The van der Waals surface area contributed by atoms with Gasteiger partial charge in [-0.2, -0.15) is 0 Å². The summed E-state index contributed by atoms with van der Waals surface area (Å²) in [7, 11) is 0. The molecule has 2 rings (SSSR count). The Morgan fingerprint density at radius 3 is 2.33 bits per heavy atom. The summed E-state index contributed by atoms with van der Waals surface area (Å²) in [4.78, 5) is 34.5. The first-order chi connectivity index (χ1) is 12.8. The Bertz CT molecular complexity index is 666. The van der Waals surface area contributed by atoms with E-state index in [4.69, 9.17) is 30.5 Å². The topological polar surface area (TPSA) is 129 Å². The molecule has 1 aliphatic heterocycles. The fraction of sp³-hybridized carbons (Fsp3) is 0.471. The van der Waals surface area contributed by atoms with Crippen molar-refractivity contribution in [3.05, 3.63) is 35.9 Å². The highest BCUT2D eigenvalue weighted by Crippen LogP contribution is 2.28. The Morgan fingerprint density at radius 1 is 1.11 bits per heavy atom. The van der Waals surface area contributed by atoms with Gasteiger partial charge in [-0.05, 0) is 5.56 Å². The first-order valence-electron chi connectivity index (χ1n) is 7.98. The Kier molecular flexibility index (Phi) is 7.55. The lowest BCUT2D eigenvalue weighted by atomic mass is 9.98. The average Bonchev–Trinajstić information content (AvgIpc) is 2.63. The Balaban J connectivity index is 2.31. The second kappa shape index (κ2) is 9.65. The predicted molar refractivity (Wildman–Crippen MR) is 89.7 cm³/mol. The molecule has 0 spiro atoms. The number of carbonyl (C=O) groups is 3. The SMILES string of the molecule is CC(=O)O[C@@H]1[C@@H](OCc2ccccc2)[C@H](OC(=O)CCl)[C@H](C(=O)O)O[C@@H]1O. The molecule has 148 valence electrons. The minimum Gasteiger partial charge on any atom is -0.479 e. The van der Waals surface area contributed by atoms with E-state index in [2.05, 4.69) is 0 Å². The molecular formula is C17H19ClO9. The molecule has 2 N–H and O–H groups in total. The molecule has 1 aromatic rings. The van der Waals surface area contributed by atoms with Crippen molar-refractivity contribution in [1.82, 2.24) is 0 Å². The molecule has 0 amide bonds. The van der Waals surface area contributed by atoms with E-state index in [0.717, 1.165) is 12.5 Å². The summed E-state index contributed by atoms with van der Waals surface area (Å²) in [6.07, 6.45) is -7.73. The molecule has 0 saturated carbocycles. The number of carboxylic acid groups (broad SMARTS) is 1. The van der Waals surface area contributed by atoms with Crippen LogP contribution in [0.2, 0.25) is 0 Å². The first-order valence-corrected chi connectivity index (χ1v) is 8.51. The van der Waals surface area contributed by atoms with Gasteiger partial charge in [0, 0.05) is 6.92 Å². The minimum atomic E-state index is -1.79. The molecule has 1 saturated heterocycles. The number of halogens is 1. The summed E-state index contributed by atoms with van der Waals surface area (Å²) in [5.41, 5.74) is 0.731. The van der Waals surface area contributed by atoms with Crippen molar-refractivity contribution in [2.24, 2.45) is 0 Å². The van der Waals surface area contributed by atoms with Gasteiger partial charge in [0.2, 0.25) is 0 Å². The maximum atomic E-state index is 11.6. The quantitative estimate of drug-likeness (QED) is 0.493. The van der Waals surface area contributed by atoms with Crippen molar-refractivity contribution >= 4 is 29.5 Å². The standard InChI is InChI=1S/C17H19ClO9/c1-9(19)25-15-12(24-8-10-5-3-2-4-6-10)13(26-11(20)7-18)14(16(21)22)27-17(15)23/h2-6,12-15,17,23H,7-8H2,1H3,(H,21,22)/t12-,13-,14+,15+,17-/m0/s1. The van der Waals surface area contributed by atoms with E-state index in [9.17, 15) is 24.6 Å². The van der Waals surface area contributed by atoms with E-state index in [1.165, 1.54) is 0 Å². The van der Waals surface area contributed by atoms with Crippen LogP contribution in [-0.4, -0.2) is 64.7 Å². The molecule has 9 nitrogen and oxygen atoms in total. The van der Waals surface area contributed by atoms with Gasteiger partial charge in [-0.15, -0.1) is 11.6 Å². The van der Waals surface area contributed by atoms with Gasteiger partial charge < -0.3 is 29.2 Å². The van der Waals surface area contributed by atoms with Gasteiger partial charge in [0.15, 0.2) is 24.6 Å². The number of benzene rings is 1. The molecule has 0 aliphatic carbocycles. The normalized spacial score (nSPS) is 27.6. The monoisotopic (exact) mass is 402 g/mol. The second-order valence-electron chi connectivity index (χ2n) is 5.71. The van der Waals surface area contributed by atoms with Gasteiger partial charge in [0.05, 0.1) is 6.61 Å². The van der Waals surface area contributed by atoms with Crippen LogP contribution in [0.1, 0.15) is 12.5 Å². The number of alkyl halides is 1. The molecule has 1 aliphatic rings. The van der Waals surface area contributed by atoms with Gasteiger partial charge >= 0.3 is 17.9 Å². The third-order valence-corrected chi connectivity index (χ3v) is 3.94. The highest BCUT2D eigenvalue weighted by Gasteiger charge is 2.53. The lowest BCUT2D eigenvalue weighted by molar-refractivity contribution is -0.294. The van der Waals surface area contributed by atoms with Crippen LogP contribution in [0, 0.1) is 0 Å². The van der Waals surface area contributed by atoms with Gasteiger partial charge in [-0.1, -0.05) is 30.3 Å². The highest BCUT2D eigenvalue weighted by molar-refractivity contribution is 6.26. The predicted octanol–water partition coefficient (Wildman–Crippen LogP) is 0.456. The molecule has 10 heteroatoms. The summed E-state index contributed by atoms with van der Waals surface area (Å²) >= 11 is 5.43. The average molecular weight is 403 g/mol. The summed E-state index contributed by atoms with van der Waals surface area (Å²) in [5.74, 6) is -3.69. The van der Waals surface area contributed by atoms with Crippen molar-refractivity contribution in [1.29, 1.82) is 0 Å². The molecule has 5 atom stereocenters. The summed E-state index contributed by atoms with van der Waals surface area (Å²) in [6.45, 7) is 1.08. The zero-order chi connectivity index (χ0) is 20.0. The molecule has 1 aromatic carbocycles. The Hall–Kier alpha value is -2.20. The van der Waals surface area contributed by atoms with E-state index in [1.807, 2.05) is 0 Å². The fourth-order valence-corrected chi connectivity index (χ4v) is 2.67.